The molecule has 1 aromatic carbocycles. The third kappa shape index (κ3) is 2.85. The molecule has 4 N–H and O–H groups in total. The first-order valence-corrected chi connectivity index (χ1v) is 5.85. The molecule has 0 radical (unpaired) electrons. The molecule has 2 rings (SSSR count). The molecule has 1 amide bonds. The Morgan fingerprint density at radius 2 is 2.21 bits per heavy atom. The lowest BCUT2D eigenvalue weighted by Gasteiger charge is -2.21. The second kappa shape index (κ2) is 5.01. The molecular formula is C13H17N5O. The Balaban J connectivity index is 2.28. The Morgan fingerprint density at radius 1 is 1.47 bits per heavy atom. The molecule has 1 aromatic heterocycles. The van der Waals surface area contributed by atoms with Crippen molar-refractivity contribution in [3.8, 4) is 0 Å². The lowest BCUT2D eigenvalue weighted by Crippen LogP contribution is -2.22. The van der Waals surface area contributed by atoms with E-state index in [2.05, 4.69) is 5.10 Å². The first-order valence-electron chi connectivity index (χ1n) is 5.85. The van der Waals surface area contributed by atoms with Crippen LogP contribution in [0.15, 0.2) is 30.6 Å². The molecular weight excluding hydrogens is 242 g/mol. The van der Waals surface area contributed by atoms with E-state index in [4.69, 9.17) is 11.5 Å². The molecule has 0 saturated heterocycles. The summed E-state index contributed by atoms with van der Waals surface area (Å²) in [6.07, 6.45) is 3.72. The van der Waals surface area contributed by atoms with Gasteiger partial charge in [0, 0.05) is 43.8 Å². The summed E-state index contributed by atoms with van der Waals surface area (Å²) in [6.45, 7) is 0.637. The van der Waals surface area contributed by atoms with E-state index >= 15 is 0 Å². The Labute approximate surface area is 111 Å². The number of nitrogens with zero attached hydrogens (tertiary/aromatic N) is 3. The van der Waals surface area contributed by atoms with E-state index in [1.807, 2.05) is 25.2 Å². The van der Waals surface area contributed by atoms with Crippen molar-refractivity contribution in [3.63, 3.8) is 0 Å². The minimum absolute atomic E-state index is 0.423. The minimum atomic E-state index is -0.486. The number of anilines is 2. The van der Waals surface area contributed by atoms with Gasteiger partial charge in [0.05, 0.1) is 11.8 Å². The fourth-order valence-corrected chi connectivity index (χ4v) is 2.00. The SMILES string of the molecule is CN(Cc1cnn(C)c1)c1ccc(N)cc1C(N)=O. The van der Waals surface area contributed by atoms with Crippen molar-refractivity contribution in [2.24, 2.45) is 12.8 Å². The van der Waals surface area contributed by atoms with Gasteiger partial charge in [0.15, 0.2) is 0 Å². The quantitative estimate of drug-likeness (QED) is 0.792. The maximum atomic E-state index is 11.5. The summed E-state index contributed by atoms with van der Waals surface area (Å²) in [4.78, 5) is 13.4. The molecule has 1 heterocycles. The summed E-state index contributed by atoms with van der Waals surface area (Å²) in [6, 6.07) is 5.14. The number of rotatable bonds is 4. The lowest BCUT2D eigenvalue weighted by molar-refractivity contribution is 0.100. The van der Waals surface area contributed by atoms with Gasteiger partial charge in [0.1, 0.15) is 0 Å². The molecule has 0 atom stereocenters. The van der Waals surface area contributed by atoms with Crippen molar-refractivity contribution in [1.82, 2.24) is 9.78 Å². The van der Waals surface area contributed by atoms with Crippen LogP contribution in [-0.2, 0) is 13.6 Å². The van der Waals surface area contributed by atoms with Crippen LogP contribution in [-0.4, -0.2) is 22.7 Å². The van der Waals surface area contributed by atoms with Crippen LogP contribution in [0.2, 0.25) is 0 Å². The fourth-order valence-electron chi connectivity index (χ4n) is 2.00. The number of aryl methyl sites for hydroxylation is 1. The van der Waals surface area contributed by atoms with Gasteiger partial charge in [-0.2, -0.15) is 5.10 Å². The largest absolute Gasteiger partial charge is 0.399 e. The van der Waals surface area contributed by atoms with Crippen LogP contribution in [0.1, 0.15) is 15.9 Å². The summed E-state index contributed by atoms with van der Waals surface area (Å²) in [7, 11) is 3.76. The predicted molar refractivity (Wildman–Crippen MR) is 74.7 cm³/mol. The molecule has 0 unspecified atom stereocenters. The van der Waals surface area contributed by atoms with Gasteiger partial charge in [-0.15, -0.1) is 0 Å². The van der Waals surface area contributed by atoms with E-state index < -0.39 is 5.91 Å². The molecule has 6 nitrogen and oxygen atoms in total. The number of carbonyl (C=O) groups is 1. The number of primary amides is 1. The molecule has 100 valence electrons. The first-order chi connectivity index (χ1) is 8.97. The smallest absolute Gasteiger partial charge is 0.250 e. The number of hydrogen-bond acceptors (Lipinski definition) is 4. The zero-order chi connectivity index (χ0) is 14.0. The van der Waals surface area contributed by atoms with Crippen molar-refractivity contribution in [1.29, 1.82) is 0 Å². The number of aromatic nitrogens is 2. The Morgan fingerprint density at radius 3 is 2.79 bits per heavy atom. The molecule has 0 saturated carbocycles. The molecule has 0 aliphatic carbocycles. The van der Waals surface area contributed by atoms with Crippen molar-refractivity contribution < 1.29 is 4.79 Å². The molecule has 2 aromatic rings. The maximum Gasteiger partial charge on any atom is 0.250 e. The predicted octanol–water partition coefficient (Wildman–Crippen LogP) is 0.738. The van der Waals surface area contributed by atoms with Crippen molar-refractivity contribution >= 4 is 17.3 Å². The van der Waals surface area contributed by atoms with Gasteiger partial charge >= 0.3 is 0 Å². The van der Waals surface area contributed by atoms with Crippen LogP contribution in [0, 0.1) is 0 Å². The lowest BCUT2D eigenvalue weighted by atomic mass is 10.1. The summed E-state index contributed by atoms with van der Waals surface area (Å²) < 4.78 is 1.74. The van der Waals surface area contributed by atoms with Gasteiger partial charge < -0.3 is 16.4 Å². The number of nitrogen functional groups attached to an aromatic ring is 1. The second-order valence-electron chi connectivity index (χ2n) is 4.52. The van der Waals surface area contributed by atoms with E-state index in [-0.39, 0.29) is 0 Å². The monoisotopic (exact) mass is 259 g/mol. The van der Waals surface area contributed by atoms with E-state index in [1.54, 1.807) is 29.1 Å². The first kappa shape index (κ1) is 12.9. The van der Waals surface area contributed by atoms with Crippen molar-refractivity contribution in [3.05, 3.63) is 41.7 Å². The highest BCUT2D eigenvalue weighted by Crippen LogP contribution is 2.23. The highest BCUT2D eigenvalue weighted by Gasteiger charge is 2.13. The molecule has 0 bridgehead atoms. The van der Waals surface area contributed by atoms with Gasteiger partial charge in [0.2, 0.25) is 0 Å². The third-order valence-electron chi connectivity index (χ3n) is 2.88. The molecule has 0 aliphatic heterocycles. The Hall–Kier alpha value is -2.50. The minimum Gasteiger partial charge on any atom is -0.399 e. The van der Waals surface area contributed by atoms with Gasteiger partial charge in [-0.25, -0.2) is 0 Å². The van der Waals surface area contributed by atoms with Crippen LogP contribution < -0.4 is 16.4 Å². The zero-order valence-corrected chi connectivity index (χ0v) is 11.0. The summed E-state index contributed by atoms with van der Waals surface area (Å²) >= 11 is 0. The number of hydrogen-bond donors (Lipinski definition) is 2. The van der Waals surface area contributed by atoms with Crippen LogP contribution in [0.4, 0.5) is 11.4 Å². The molecule has 0 spiro atoms. The summed E-state index contributed by atoms with van der Waals surface area (Å²) in [5, 5.41) is 4.11. The Kier molecular flexibility index (Phi) is 3.41. The third-order valence-corrected chi connectivity index (χ3v) is 2.88. The van der Waals surface area contributed by atoms with E-state index in [0.717, 1.165) is 11.3 Å². The van der Waals surface area contributed by atoms with Gasteiger partial charge in [-0.3, -0.25) is 9.48 Å². The molecule has 6 heteroatoms. The summed E-state index contributed by atoms with van der Waals surface area (Å²) in [5.41, 5.74) is 13.8. The molecule has 19 heavy (non-hydrogen) atoms. The normalized spacial score (nSPS) is 10.4. The van der Waals surface area contributed by atoms with Crippen LogP contribution in [0.25, 0.3) is 0 Å². The van der Waals surface area contributed by atoms with Gasteiger partial charge in [-0.05, 0) is 18.2 Å². The van der Waals surface area contributed by atoms with Gasteiger partial charge in [-0.1, -0.05) is 0 Å². The van der Waals surface area contributed by atoms with Crippen LogP contribution in [0.3, 0.4) is 0 Å². The van der Waals surface area contributed by atoms with Crippen molar-refractivity contribution in [2.75, 3.05) is 17.7 Å². The zero-order valence-electron chi connectivity index (χ0n) is 11.0. The van der Waals surface area contributed by atoms with Gasteiger partial charge in [0.25, 0.3) is 5.91 Å². The number of nitrogens with two attached hydrogens (primary N) is 2. The van der Waals surface area contributed by atoms with E-state index in [1.165, 1.54) is 0 Å². The average Bonchev–Trinajstić information content (AvgIpc) is 2.74. The number of carbonyl (C=O) groups excluding carboxylic acids is 1. The topological polar surface area (TPSA) is 90.2 Å². The highest BCUT2D eigenvalue weighted by atomic mass is 16.1. The fraction of sp³-hybridized carbons (Fsp3) is 0.231. The Bertz CT molecular complexity index is 605. The van der Waals surface area contributed by atoms with Crippen molar-refractivity contribution in [2.45, 2.75) is 6.54 Å². The van der Waals surface area contributed by atoms with E-state index in [9.17, 15) is 4.79 Å². The van der Waals surface area contributed by atoms with Crippen LogP contribution >= 0.6 is 0 Å². The average molecular weight is 259 g/mol. The maximum absolute atomic E-state index is 11.5. The summed E-state index contributed by atoms with van der Waals surface area (Å²) in [5.74, 6) is -0.486. The van der Waals surface area contributed by atoms with E-state index in [0.29, 0.717) is 17.8 Å². The standard InChI is InChI=1S/C13H17N5O/c1-17(7-9-6-16-18(2)8-9)12-4-3-10(14)5-11(12)13(15)19/h3-6,8H,7,14H2,1-2H3,(H2,15,19). The molecule has 0 fully saturated rings. The van der Waals surface area contributed by atoms with Crippen LogP contribution in [0.5, 0.6) is 0 Å². The second-order valence-corrected chi connectivity index (χ2v) is 4.52. The number of amides is 1. The molecule has 0 aliphatic rings. The number of benzene rings is 1. The highest BCUT2D eigenvalue weighted by molar-refractivity contribution is 5.99.